The van der Waals surface area contributed by atoms with Gasteiger partial charge in [-0.3, -0.25) is 4.79 Å². The number of carbonyl (C=O) groups is 1. The second kappa shape index (κ2) is 13.1. The minimum absolute atomic E-state index is 0.0125. The first-order valence-corrected chi connectivity index (χ1v) is 17.9. The first-order chi connectivity index (χ1) is 21.1. The largest absolute Gasteiger partial charge is 0.487 e. The van der Waals surface area contributed by atoms with Gasteiger partial charge in [0, 0.05) is 47.3 Å². The fourth-order valence-electron chi connectivity index (χ4n) is 7.08. The number of likely N-dealkylation sites (tertiary alicyclic amines) is 2. The predicted octanol–water partition coefficient (Wildman–Crippen LogP) is 6.37. The van der Waals surface area contributed by atoms with Crippen molar-refractivity contribution in [3.63, 3.8) is 0 Å². The highest BCUT2D eigenvalue weighted by Gasteiger charge is 2.43. The summed E-state index contributed by atoms with van der Waals surface area (Å²) in [6.45, 7) is 7.79. The number of piperidine rings is 2. The molecule has 0 N–H and O–H groups in total. The molecular formula is C33H40Cl2N4O4S. The number of fused-ring (bicyclic) bond motifs is 1. The van der Waals surface area contributed by atoms with Gasteiger partial charge in [-0.25, -0.2) is 13.4 Å². The molecule has 2 aromatic carbocycles. The van der Waals surface area contributed by atoms with Crippen LogP contribution in [0.5, 0.6) is 5.75 Å². The van der Waals surface area contributed by atoms with E-state index in [-0.39, 0.29) is 29.0 Å². The fraction of sp³-hybridized carbons (Fsp3) is 0.515. The quantitative estimate of drug-likeness (QED) is 0.294. The normalized spacial score (nSPS) is 20.8. The number of sulfonamides is 1. The number of rotatable bonds is 7. The average molecular weight is 660 g/mol. The number of benzene rings is 2. The number of aromatic nitrogens is 1. The summed E-state index contributed by atoms with van der Waals surface area (Å²) in [7, 11) is -4.08. The molecule has 0 aliphatic carbocycles. The molecule has 0 saturated carbocycles. The molecule has 6 rings (SSSR count). The Kier molecular flexibility index (Phi) is 9.41. The molecule has 3 aliphatic heterocycles. The number of ether oxygens (including phenoxy) is 1. The Labute approximate surface area is 270 Å². The molecule has 3 aliphatic rings. The second-order valence-electron chi connectivity index (χ2n) is 12.3. The van der Waals surface area contributed by atoms with Crippen LogP contribution in [0.3, 0.4) is 0 Å². The van der Waals surface area contributed by atoms with Gasteiger partial charge in [-0.15, -0.1) is 0 Å². The molecule has 0 bridgehead atoms. The molecule has 1 aromatic heterocycles. The summed E-state index contributed by atoms with van der Waals surface area (Å²) in [6.07, 6.45) is 6.77. The van der Waals surface area contributed by atoms with E-state index in [0.29, 0.717) is 48.3 Å². The molecule has 44 heavy (non-hydrogen) atoms. The van der Waals surface area contributed by atoms with Crippen LogP contribution in [0.15, 0.2) is 41.3 Å². The van der Waals surface area contributed by atoms with E-state index < -0.39 is 16.1 Å². The number of amides is 1. The van der Waals surface area contributed by atoms with Crippen molar-refractivity contribution in [2.75, 3.05) is 32.7 Å². The fourth-order valence-corrected chi connectivity index (χ4v) is 9.59. The van der Waals surface area contributed by atoms with Crippen LogP contribution in [0.1, 0.15) is 61.8 Å². The zero-order chi connectivity index (χ0) is 31.0. The molecule has 3 saturated heterocycles. The van der Waals surface area contributed by atoms with E-state index in [4.69, 9.17) is 27.9 Å². The van der Waals surface area contributed by atoms with Crippen molar-refractivity contribution in [1.82, 2.24) is 19.1 Å². The highest BCUT2D eigenvalue weighted by molar-refractivity contribution is 7.89. The number of pyridine rings is 1. The molecule has 0 unspecified atom stereocenters. The van der Waals surface area contributed by atoms with Gasteiger partial charge >= 0.3 is 0 Å². The summed E-state index contributed by atoms with van der Waals surface area (Å²) in [5, 5.41) is 1.29. The number of carbonyl (C=O) groups excluding carboxylic acids is 1. The summed E-state index contributed by atoms with van der Waals surface area (Å²) in [6, 6.07) is 10.5. The van der Waals surface area contributed by atoms with Crippen LogP contribution in [0.4, 0.5) is 0 Å². The predicted molar refractivity (Wildman–Crippen MR) is 174 cm³/mol. The molecule has 3 aromatic rings. The van der Waals surface area contributed by atoms with Crippen LogP contribution in [0.2, 0.25) is 10.0 Å². The molecule has 11 heteroatoms. The minimum Gasteiger partial charge on any atom is -0.487 e. The Morgan fingerprint density at radius 2 is 1.70 bits per heavy atom. The van der Waals surface area contributed by atoms with Crippen LogP contribution in [0.25, 0.3) is 10.9 Å². The summed E-state index contributed by atoms with van der Waals surface area (Å²) in [4.78, 5) is 22.8. The summed E-state index contributed by atoms with van der Waals surface area (Å²) < 4.78 is 35.6. The highest BCUT2D eigenvalue weighted by atomic mass is 35.5. The maximum absolute atomic E-state index is 14.1. The zero-order valence-electron chi connectivity index (χ0n) is 25.4. The van der Waals surface area contributed by atoms with Crippen molar-refractivity contribution in [2.24, 2.45) is 0 Å². The number of hydrogen-bond donors (Lipinski definition) is 0. The monoisotopic (exact) mass is 658 g/mol. The van der Waals surface area contributed by atoms with Crippen molar-refractivity contribution >= 4 is 50.0 Å². The lowest BCUT2D eigenvalue weighted by Gasteiger charge is -2.41. The summed E-state index contributed by atoms with van der Waals surface area (Å²) in [5.74, 6) is 0.454. The summed E-state index contributed by atoms with van der Waals surface area (Å²) >= 11 is 13.3. The van der Waals surface area contributed by atoms with E-state index in [1.165, 1.54) is 35.7 Å². The minimum atomic E-state index is -4.08. The standard InChI is InChI=1S/C33H40Cl2N4O4S/c1-22-20-23(2)36-32-25(22)8-6-10-29(32)43-21-26-27(34)11-12-30(31(26)35)44(41,42)39-17-7-9-28(39)33(40)38-18-13-24(14-19-38)37-15-4-3-5-16-37/h6,8,10-12,20,24,28H,3-5,7,9,13-19,21H2,1-2H3/t28-/m0/s1. The Morgan fingerprint density at radius 1 is 0.955 bits per heavy atom. The average Bonchev–Trinajstić information content (AvgIpc) is 3.52. The molecule has 0 spiro atoms. The molecule has 1 atom stereocenters. The van der Waals surface area contributed by atoms with E-state index in [0.717, 1.165) is 48.1 Å². The van der Waals surface area contributed by atoms with Crippen LogP contribution < -0.4 is 4.74 Å². The Hall–Kier alpha value is -2.43. The third-order valence-electron chi connectivity index (χ3n) is 9.42. The van der Waals surface area contributed by atoms with Gasteiger partial charge in [-0.2, -0.15) is 4.31 Å². The van der Waals surface area contributed by atoms with E-state index >= 15 is 0 Å². The first kappa shape index (κ1) is 31.5. The van der Waals surface area contributed by atoms with Gasteiger partial charge in [0.1, 0.15) is 28.8 Å². The van der Waals surface area contributed by atoms with Gasteiger partial charge in [-0.1, -0.05) is 41.8 Å². The zero-order valence-corrected chi connectivity index (χ0v) is 27.7. The molecular weight excluding hydrogens is 619 g/mol. The number of nitrogens with zero attached hydrogens (tertiary/aromatic N) is 4. The lowest BCUT2D eigenvalue weighted by molar-refractivity contribution is -0.136. The first-order valence-electron chi connectivity index (χ1n) is 15.7. The Morgan fingerprint density at radius 3 is 2.45 bits per heavy atom. The van der Waals surface area contributed by atoms with Gasteiger partial charge in [-0.05, 0) is 95.3 Å². The number of hydrogen-bond acceptors (Lipinski definition) is 6. The van der Waals surface area contributed by atoms with Gasteiger partial charge in [0.15, 0.2) is 0 Å². The highest BCUT2D eigenvalue weighted by Crippen LogP contribution is 2.37. The van der Waals surface area contributed by atoms with Crippen LogP contribution in [0, 0.1) is 13.8 Å². The SMILES string of the molecule is Cc1cc(C)c2cccc(OCc3c(Cl)ccc(S(=O)(=O)N4CCC[C@H]4C(=O)N4CCC(N5CCCCC5)CC4)c3Cl)c2n1. The van der Waals surface area contributed by atoms with E-state index in [9.17, 15) is 13.2 Å². The van der Waals surface area contributed by atoms with Crippen molar-refractivity contribution in [3.05, 3.63) is 63.3 Å². The molecule has 236 valence electrons. The smallest absolute Gasteiger partial charge is 0.245 e. The van der Waals surface area contributed by atoms with Crippen LogP contribution >= 0.6 is 23.2 Å². The lowest BCUT2D eigenvalue weighted by Crippen LogP contribution is -2.53. The van der Waals surface area contributed by atoms with Crippen molar-refractivity contribution in [2.45, 2.75) is 82.4 Å². The number of aryl methyl sites for hydroxylation is 2. The Bertz CT molecular complexity index is 1650. The van der Waals surface area contributed by atoms with E-state index in [1.54, 1.807) is 0 Å². The van der Waals surface area contributed by atoms with E-state index in [1.807, 2.05) is 43.0 Å². The molecule has 0 radical (unpaired) electrons. The van der Waals surface area contributed by atoms with Crippen LogP contribution in [-0.2, 0) is 21.4 Å². The molecule has 3 fully saturated rings. The molecule has 8 nitrogen and oxygen atoms in total. The van der Waals surface area contributed by atoms with Gasteiger partial charge < -0.3 is 14.5 Å². The maximum atomic E-state index is 14.1. The number of halogens is 2. The van der Waals surface area contributed by atoms with Crippen molar-refractivity contribution < 1.29 is 17.9 Å². The lowest BCUT2D eigenvalue weighted by atomic mass is 9.99. The van der Waals surface area contributed by atoms with Gasteiger partial charge in [0.05, 0.1) is 5.02 Å². The van der Waals surface area contributed by atoms with Crippen molar-refractivity contribution in [3.8, 4) is 5.75 Å². The maximum Gasteiger partial charge on any atom is 0.245 e. The third kappa shape index (κ3) is 6.18. The Balaban J connectivity index is 1.19. The van der Waals surface area contributed by atoms with E-state index in [2.05, 4.69) is 9.88 Å². The molecule has 4 heterocycles. The topological polar surface area (TPSA) is 83.0 Å². The van der Waals surface area contributed by atoms with Gasteiger partial charge in [0.2, 0.25) is 15.9 Å². The number of para-hydroxylation sites is 1. The summed E-state index contributed by atoms with van der Waals surface area (Å²) in [5.41, 5.74) is 3.05. The third-order valence-corrected chi connectivity index (χ3v) is 12.3. The molecule has 1 amide bonds. The van der Waals surface area contributed by atoms with Gasteiger partial charge in [0.25, 0.3) is 0 Å². The van der Waals surface area contributed by atoms with Crippen molar-refractivity contribution in [1.29, 1.82) is 0 Å². The second-order valence-corrected chi connectivity index (χ2v) is 14.9. The van der Waals surface area contributed by atoms with Crippen LogP contribution in [-0.4, -0.2) is 78.2 Å².